The molecule has 0 N–H and O–H groups in total. The van der Waals surface area contributed by atoms with Gasteiger partial charge >= 0.3 is 12.1 Å². The minimum absolute atomic E-state index is 0.215. The van der Waals surface area contributed by atoms with Crippen LogP contribution in [0.1, 0.15) is 40.0 Å². The van der Waals surface area contributed by atoms with Crippen LogP contribution < -0.4 is 0 Å². The van der Waals surface area contributed by atoms with E-state index in [-0.39, 0.29) is 12.5 Å². The highest BCUT2D eigenvalue weighted by Crippen LogP contribution is 2.29. The molecule has 5 nitrogen and oxygen atoms in total. The number of carbonyl (C=O) groups is 2. The summed E-state index contributed by atoms with van der Waals surface area (Å²) in [6.07, 6.45) is 0.700. The number of esters is 1. The summed E-state index contributed by atoms with van der Waals surface area (Å²) in [6.45, 7) is 4.71. The number of alkyl halides is 1. The molecule has 0 aromatic rings. The first-order chi connectivity index (χ1) is 8.80. The fourth-order valence-corrected chi connectivity index (χ4v) is 2.25. The average Bonchev–Trinajstić information content (AvgIpc) is 2.70. The summed E-state index contributed by atoms with van der Waals surface area (Å²) < 4.78 is 22.5. The van der Waals surface area contributed by atoms with Gasteiger partial charge in [0.05, 0.1) is 13.8 Å². The monoisotopic (exact) mass is 275 g/mol. The number of methoxy groups -OCH3 is 1. The van der Waals surface area contributed by atoms with Crippen LogP contribution in [0.5, 0.6) is 0 Å². The second kappa shape index (κ2) is 6.21. The van der Waals surface area contributed by atoms with E-state index in [1.165, 1.54) is 12.0 Å². The molecule has 2 atom stereocenters. The van der Waals surface area contributed by atoms with E-state index in [0.29, 0.717) is 12.8 Å². The van der Waals surface area contributed by atoms with Gasteiger partial charge in [0.2, 0.25) is 0 Å². The normalized spacial score (nSPS) is 23.3. The summed E-state index contributed by atoms with van der Waals surface area (Å²) >= 11 is 0. The molecule has 0 saturated carbocycles. The van der Waals surface area contributed by atoms with Crippen molar-refractivity contribution in [3.8, 4) is 0 Å². The smallest absolute Gasteiger partial charge is 0.411 e. The third-order valence-electron chi connectivity index (χ3n) is 3.02. The minimum atomic E-state index is -0.670. The minimum Gasteiger partial charge on any atom is -0.467 e. The molecule has 0 spiro atoms. The standard InChI is InChI=1S/C13H22FNO4/c1-13(2,3)19-12(17)15-9(7-8-14)5-6-10(15)11(16)18-4/h9-10H,5-8H2,1-4H3. The van der Waals surface area contributed by atoms with Crippen molar-refractivity contribution in [2.24, 2.45) is 0 Å². The Hall–Kier alpha value is -1.33. The molecule has 1 aliphatic rings. The van der Waals surface area contributed by atoms with Gasteiger partial charge in [-0.3, -0.25) is 9.29 Å². The molecule has 2 unspecified atom stereocenters. The van der Waals surface area contributed by atoms with Crippen molar-refractivity contribution in [3.05, 3.63) is 0 Å². The van der Waals surface area contributed by atoms with E-state index in [9.17, 15) is 14.0 Å². The second-order valence-corrected chi connectivity index (χ2v) is 5.64. The predicted octanol–water partition coefficient (Wildman–Crippen LogP) is 2.29. The lowest BCUT2D eigenvalue weighted by Crippen LogP contribution is -2.47. The molecular weight excluding hydrogens is 253 g/mol. The van der Waals surface area contributed by atoms with Gasteiger partial charge in [0.1, 0.15) is 11.6 Å². The Morgan fingerprint density at radius 1 is 1.32 bits per heavy atom. The molecule has 1 aliphatic heterocycles. The van der Waals surface area contributed by atoms with Gasteiger partial charge in [0, 0.05) is 6.04 Å². The molecule has 1 heterocycles. The van der Waals surface area contributed by atoms with Gasteiger partial charge in [-0.05, 0) is 40.0 Å². The molecule has 19 heavy (non-hydrogen) atoms. The number of halogens is 1. The largest absolute Gasteiger partial charge is 0.467 e. The predicted molar refractivity (Wildman–Crippen MR) is 67.5 cm³/mol. The van der Waals surface area contributed by atoms with Gasteiger partial charge in [-0.2, -0.15) is 0 Å². The third kappa shape index (κ3) is 4.08. The first kappa shape index (κ1) is 15.7. The quantitative estimate of drug-likeness (QED) is 0.741. The Morgan fingerprint density at radius 2 is 1.95 bits per heavy atom. The van der Waals surface area contributed by atoms with Crippen molar-refractivity contribution in [1.29, 1.82) is 0 Å². The number of ether oxygens (including phenoxy) is 2. The highest BCUT2D eigenvalue weighted by molar-refractivity contribution is 5.82. The van der Waals surface area contributed by atoms with Crippen molar-refractivity contribution in [2.75, 3.05) is 13.8 Å². The van der Waals surface area contributed by atoms with E-state index < -0.39 is 30.4 Å². The summed E-state index contributed by atoms with van der Waals surface area (Å²) in [5, 5.41) is 0. The van der Waals surface area contributed by atoms with Crippen LogP contribution in [0.15, 0.2) is 0 Å². The summed E-state index contributed by atoms with van der Waals surface area (Å²) in [5.41, 5.74) is -0.652. The second-order valence-electron chi connectivity index (χ2n) is 5.64. The zero-order chi connectivity index (χ0) is 14.6. The number of rotatable bonds is 3. The Labute approximate surface area is 113 Å². The van der Waals surface area contributed by atoms with Crippen LogP contribution in [-0.4, -0.2) is 48.4 Å². The molecule has 110 valence electrons. The van der Waals surface area contributed by atoms with Gasteiger partial charge in [-0.15, -0.1) is 0 Å². The molecule has 1 saturated heterocycles. The van der Waals surface area contributed by atoms with E-state index in [1.807, 2.05) is 0 Å². The van der Waals surface area contributed by atoms with Crippen LogP contribution in [-0.2, 0) is 14.3 Å². The van der Waals surface area contributed by atoms with Gasteiger partial charge in [-0.25, -0.2) is 9.59 Å². The zero-order valence-electron chi connectivity index (χ0n) is 11.9. The summed E-state index contributed by atoms with van der Waals surface area (Å²) in [5.74, 6) is -0.479. The average molecular weight is 275 g/mol. The Morgan fingerprint density at radius 3 is 2.42 bits per heavy atom. The maximum absolute atomic E-state index is 12.5. The Balaban J connectivity index is 2.85. The van der Waals surface area contributed by atoms with Crippen LogP contribution in [0.25, 0.3) is 0 Å². The summed E-state index contributed by atoms with van der Waals surface area (Å²) in [7, 11) is 1.28. The molecule has 0 aliphatic carbocycles. The fourth-order valence-electron chi connectivity index (χ4n) is 2.25. The van der Waals surface area contributed by atoms with Crippen molar-refractivity contribution < 1.29 is 23.5 Å². The topological polar surface area (TPSA) is 55.8 Å². The lowest BCUT2D eigenvalue weighted by molar-refractivity contribution is -0.146. The molecule has 0 aromatic heterocycles. The number of hydrogen-bond donors (Lipinski definition) is 0. The van der Waals surface area contributed by atoms with Crippen molar-refractivity contribution >= 4 is 12.1 Å². The molecule has 0 bridgehead atoms. The number of amides is 1. The summed E-state index contributed by atoms with van der Waals surface area (Å²) in [6, 6.07) is -0.972. The summed E-state index contributed by atoms with van der Waals surface area (Å²) in [4.78, 5) is 25.2. The molecule has 0 radical (unpaired) electrons. The maximum Gasteiger partial charge on any atom is 0.411 e. The van der Waals surface area contributed by atoms with Crippen LogP contribution in [0.2, 0.25) is 0 Å². The Kier molecular flexibility index (Phi) is 5.14. The van der Waals surface area contributed by atoms with E-state index in [1.54, 1.807) is 20.8 Å². The fraction of sp³-hybridized carbons (Fsp3) is 0.846. The van der Waals surface area contributed by atoms with Crippen LogP contribution in [0.3, 0.4) is 0 Å². The molecule has 0 aromatic carbocycles. The van der Waals surface area contributed by atoms with Gasteiger partial charge in [-0.1, -0.05) is 0 Å². The van der Waals surface area contributed by atoms with Crippen LogP contribution >= 0.6 is 0 Å². The van der Waals surface area contributed by atoms with Crippen LogP contribution in [0.4, 0.5) is 9.18 Å². The number of nitrogens with zero attached hydrogens (tertiary/aromatic N) is 1. The molecule has 1 amide bonds. The van der Waals surface area contributed by atoms with Crippen molar-refractivity contribution in [2.45, 2.75) is 57.7 Å². The van der Waals surface area contributed by atoms with Gasteiger partial charge < -0.3 is 9.47 Å². The lowest BCUT2D eigenvalue weighted by Gasteiger charge is -2.31. The molecular formula is C13H22FNO4. The van der Waals surface area contributed by atoms with Crippen molar-refractivity contribution in [1.82, 2.24) is 4.90 Å². The highest BCUT2D eigenvalue weighted by Gasteiger charge is 2.43. The number of hydrogen-bond acceptors (Lipinski definition) is 4. The first-order valence-corrected chi connectivity index (χ1v) is 6.45. The highest BCUT2D eigenvalue weighted by atomic mass is 19.1. The van der Waals surface area contributed by atoms with Gasteiger partial charge in [0.15, 0.2) is 0 Å². The zero-order valence-corrected chi connectivity index (χ0v) is 11.9. The van der Waals surface area contributed by atoms with Crippen LogP contribution in [0, 0.1) is 0 Å². The van der Waals surface area contributed by atoms with E-state index >= 15 is 0 Å². The molecule has 6 heteroatoms. The number of carbonyl (C=O) groups excluding carboxylic acids is 2. The molecule has 1 fully saturated rings. The molecule has 1 rings (SSSR count). The van der Waals surface area contributed by atoms with Crippen molar-refractivity contribution in [3.63, 3.8) is 0 Å². The Bertz CT molecular complexity index is 340. The van der Waals surface area contributed by atoms with E-state index in [4.69, 9.17) is 4.74 Å². The maximum atomic E-state index is 12.5. The number of likely N-dealkylation sites (tertiary alicyclic amines) is 1. The lowest BCUT2D eigenvalue weighted by atomic mass is 10.1. The SMILES string of the molecule is COC(=O)C1CCC(CCF)N1C(=O)OC(C)(C)C. The third-order valence-corrected chi connectivity index (χ3v) is 3.02. The van der Waals surface area contributed by atoms with Gasteiger partial charge in [0.25, 0.3) is 0 Å². The first-order valence-electron chi connectivity index (χ1n) is 6.45. The van der Waals surface area contributed by atoms with E-state index in [2.05, 4.69) is 4.74 Å². The van der Waals surface area contributed by atoms with E-state index in [0.717, 1.165) is 0 Å².